The fourth-order valence-electron chi connectivity index (χ4n) is 2.03. The Labute approximate surface area is 83.9 Å². The van der Waals surface area contributed by atoms with Crippen molar-refractivity contribution in [2.24, 2.45) is 11.7 Å². The Bertz CT molecular complexity index is 296. The third kappa shape index (κ3) is 1.72. The van der Waals surface area contributed by atoms with Gasteiger partial charge >= 0.3 is 0 Å². The molecule has 1 fully saturated rings. The molecule has 70 valence electrons. The van der Waals surface area contributed by atoms with Crippen LogP contribution in [-0.4, -0.2) is 6.54 Å². The van der Waals surface area contributed by atoms with Crippen molar-refractivity contribution in [3.63, 3.8) is 0 Å². The summed E-state index contributed by atoms with van der Waals surface area (Å²) >= 11 is 5.93. The van der Waals surface area contributed by atoms with Crippen LogP contribution in [-0.2, 0) is 0 Å². The second kappa shape index (κ2) is 3.69. The Balaban J connectivity index is 2.16. The predicted octanol–water partition coefficient (Wildman–Crippen LogP) is 2.79. The highest BCUT2D eigenvalue weighted by atomic mass is 35.5. The highest BCUT2D eigenvalue weighted by Crippen LogP contribution is 2.42. The molecule has 0 aliphatic heterocycles. The molecule has 0 spiro atoms. The lowest BCUT2D eigenvalue weighted by Gasteiger charge is -2.36. The summed E-state index contributed by atoms with van der Waals surface area (Å²) in [6.45, 7) is 0.803. The van der Waals surface area contributed by atoms with Crippen molar-refractivity contribution in [3.05, 3.63) is 34.9 Å². The van der Waals surface area contributed by atoms with Crippen LogP contribution in [0.15, 0.2) is 24.3 Å². The molecule has 1 nitrogen and oxygen atoms in total. The molecule has 0 radical (unpaired) electrons. The topological polar surface area (TPSA) is 26.0 Å². The first-order valence-corrected chi connectivity index (χ1v) is 5.14. The van der Waals surface area contributed by atoms with Crippen LogP contribution in [0.5, 0.6) is 0 Å². The molecule has 2 heteroatoms. The van der Waals surface area contributed by atoms with Gasteiger partial charge in [0.2, 0.25) is 0 Å². The van der Waals surface area contributed by atoms with Crippen LogP contribution in [0.3, 0.4) is 0 Å². The van der Waals surface area contributed by atoms with Crippen LogP contribution in [0.1, 0.15) is 24.3 Å². The normalized spacial score (nSPS) is 26.9. The van der Waals surface area contributed by atoms with E-state index in [1.165, 1.54) is 18.4 Å². The molecule has 2 rings (SSSR count). The van der Waals surface area contributed by atoms with E-state index in [0.717, 1.165) is 11.6 Å². The average Bonchev–Trinajstić information content (AvgIpc) is 2.03. The zero-order valence-electron chi connectivity index (χ0n) is 7.54. The molecule has 0 aromatic heterocycles. The molecule has 0 heterocycles. The van der Waals surface area contributed by atoms with Gasteiger partial charge in [-0.05, 0) is 48.9 Å². The predicted molar refractivity (Wildman–Crippen MR) is 56.0 cm³/mol. The molecular weight excluding hydrogens is 182 g/mol. The molecule has 2 N–H and O–H groups in total. The van der Waals surface area contributed by atoms with Gasteiger partial charge in [0.25, 0.3) is 0 Å². The van der Waals surface area contributed by atoms with Crippen LogP contribution in [0.4, 0.5) is 0 Å². The standard InChI is InChI=1S/C11H14ClN/c12-10-3-1-2-8(6-10)11-5-4-9(11)7-13/h1-3,6,9,11H,4-5,7,13H2. The monoisotopic (exact) mass is 195 g/mol. The Morgan fingerprint density at radius 2 is 2.23 bits per heavy atom. The smallest absolute Gasteiger partial charge is 0.0408 e. The maximum Gasteiger partial charge on any atom is 0.0408 e. The zero-order chi connectivity index (χ0) is 9.26. The summed E-state index contributed by atoms with van der Waals surface area (Å²) in [5, 5.41) is 0.833. The van der Waals surface area contributed by atoms with Crippen molar-refractivity contribution in [2.75, 3.05) is 6.54 Å². The van der Waals surface area contributed by atoms with Crippen molar-refractivity contribution < 1.29 is 0 Å². The van der Waals surface area contributed by atoms with Gasteiger partial charge in [-0.15, -0.1) is 0 Å². The second-order valence-electron chi connectivity index (χ2n) is 3.73. The SMILES string of the molecule is NCC1CCC1c1cccc(Cl)c1. The van der Waals surface area contributed by atoms with Crippen LogP contribution >= 0.6 is 11.6 Å². The summed E-state index contributed by atoms with van der Waals surface area (Å²) in [5.41, 5.74) is 7.02. The molecule has 1 aromatic rings. The minimum atomic E-state index is 0.656. The second-order valence-corrected chi connectivity index (χ2v) is 4.17. The van der Waals surface area contributed by atoms with Crippen molar-refractivity contribution in [2.45, 2.75) is 18.8 Å². The maximum absolute atomic E-state index is 5.93. The average molecular weight is 196 g/mol. The van der Waals surface area contributed by atoms with Gasteiger partial charge in [-0.1, -0.05) is 23.7 Å². The van der Waals surface area contributed by atoms with Crippen LogP contribution in [0.25, 0.3) is 0 Å². The number of hydrogen-bond acceptors (Lipinski definition) is 1. The van der Waals surface area contributed by atoms with Crippen LogP contribution < -0.4 is 5.73 Å². The third-order valence-electron chi connectivity index (χ3n) is 3.00. The molecule has 2 atom stereocenters. The van der Waals surface area contributed by atoms with E-state index in [2.05, 4.69) is 12.1 Å². The van der Waals surface area contributed by atoms with E-state index in [4.69, 9.17) is 17.3 Å². The van der Waals surface area contributed by atoms with E-state index < -0.39 is 0 Å². The lowest BCUT2D eigenvalue weighted by molar-refractivity contribution is 0.263. The summed E-state index contributed by atoms with van der Waals surface area (Å²) in [6.07, 6.45) is 2.54. The molecule has 1 aliphatic carbocycles. The Hall–Kier alpha value is -0.530. The van der Waals surface area contributed by atoms with Gasteiger partial charge in [-0.25, -0.2) is 0 Å². The van der Waals surface area contributed by atoms with Gasteiger partial charge in [-0.3, -0.25) is 0 Å². The Morgan fingerprint density at radius 1 is 1.38 bits per heavy atom. The van der Waals surface area contributed by atoms with Crippen LogP contribution in [0, 0.1) is 5.92 Å². The number of hydrogen-bond donors (Lipinski definition) is 1. The van der Waals surface area contributed by atoms with Crippen molar-refractivity contribution in [1.29, 1.82) is 0 Å². The molecular formula is C11H14ClN. The third-order valence-corrected chi connectivity index (χ3v) is 3.23. The molecule has 2 unspecified atom stereocenters. The Kier molecular flexibility index (Phi) is 2.56. The first-order chi connectivity index (χ1) is 6.31. The summed E-state index contributed by atoms with van der Waals surface area (Å²) in [4.78, 5) is 0. The quantitative estimate of drug-likeness (QED) is 0.772. The first-order valence-electron chi connectivity index (χ1n) is 4.77. The van der Waals surface area contributed by atoms with Crippen molar-refractivity contribution in [1.82, 2.24) is 0 Å². The van der Waals surface area contributed by atoms with E-state index in [-0.39, 0.29) is 0 Å². The fraction of sp³-hybridized carbons (Fsp3) is 0.455. The number of benzene rings is 1. The van der Waals surface area contributed by atoms with Gasteiger partial charge in [0.15, 0.2) is 0 Å². The molecule has 0 amide bonds. The number of halogens is 1. The van der Waals surface area contributed by atoms with E-state index in [0.29, 0.717) is 11.8 Å². The molecule has 13 heavy (non-hydrogen) atoms. The van der Waals surface area contributed by atoms with Gasteiger partial charge in [0.05, 0.1) is 0 Å². The van der Waals surface area contributed by atoms with Gasteiger partial charge < -0.3 is 5.73 Å². The fourth-order valence-corrected chi connectivity index (χ4v) is 2.23. The molecule has 0 saturated heterocycles. The molecule has 1 aliphatic rings. The highest BCUT2D eigenvalue weighted by molar-refractivity contribution is 6.30. The summed E-state index contributed by atoms with van der Waals surface area (Å²) in [5.74, 6) is 1.34. The summed E-state index contributed by atoms with van der Waals surface area (Å²) in [7, 11) is 0. The summed E-state index contributed by atoms with van der Waals surface area (Å²) < 4.78 is 0. The van der Waals surface area contributed by atoms with Gasteiger partial charge in [-0.2, -0.15) is 0 Å². The lowest BCUT2D eigenvalue weighted by Crippen LogP contribution is -2.30. The van der Waals surface area contributed by atoms with E-state index in [1.54, 1.807) is 0 Å². The highest BCUT2D eigenvalue weighted by Gasteiger charge is 2.30. The molecule has 1 aromatic carbocycles. The van der Waals surface area contributed by atoms with E-state index in [9.17, 15) is 0 Å². The maximum atomic E-state index is 5.93. The van der Waals surface area contributed by atoms with Crippen molar-refractivity contribution >= 4 is 11.6 Å². The molecule has 0 bridgehead atoms. The van der Waals surface area contributed by atoms with Crippen LogP contribution in [0.2, 0.25) is 5.02 Å². The zero-order valence-corrected chi connectivity index (χ0v) is 8.30. The van der Waals surface area contributed by atoms with Crippen molar-refractivity contribution in [3.8, 4) is 0 Å². The molecule has 1 saturated carbocycles. The minimum absolute atomic E-state index is 0.656. The number of rotatable bonds is 2. The van der Waals surface area contributed by atoms with Gasteiger partial charge in [0, 0.05) is 5.02 Å². The largest absolute Gasteiger partial charge is 0.330 e. The van der Waals surface area contributed by atoms with E-state index >= 15 is 0 Å². The van der Waals surface area contributed by atoms with Gasteiger partial charge in [0.1, 0.15) is 0 Å². The van der Waals surface area contributed by atoms with E-state index in [1.807, 2.05) is 12.1 Å². The Morgan fingerprint density at radius 3 is 2.77 bits per heavy atom. The minimum Gasteiger partial charge on any atom is -0.330 e. The summed E-state index contributed by atoms with van der Waals surface area (Å²) in [6, 6.07) is 8.15. The lowest BCUT2D eigenvalue weighted by atomic mass is 9.70. The first kappa shape index (κ1) is 9.04. The number of nitrogens with two attached hydrogens (primary N) is 1.